The lowest BCUT2D eigenvalue weighted by Gasteiger charge is -2.21. The van der Waals surface area contributed by atoms with Gasteiger partial charge in [0.05, 0.1) is 4.90 Å². The summed E-state index contributed by atoms with van der Waals surface area (Å²) in [7, 11) is 0. The first-order valence-electron chi connectivity index (χ1n) is 6.05. The summed E-state index contributed by atoms with van der Waals surface area (Å²) in [4.78, 5) is 4.86. The van der Waals surface area contributed by atoms with Crippen molar-refractivity contribution in [1.29, 1.82) is 0 Å². The monoisotopic (exact) mass is 296 g/mol. The van der Waals surface area contributed by atoms with E-state index in [4.69, 9.17) is 0 Å². The number of aromatic nitrogens is 1. The van der Waals surface area contributed by atoms with Crippen LogP contribution in [-0.2, 0) is 6.54 Å². The predicted molar refractivity (Wildman–Crippen MR) is 79.2 cm³/mol. The van der Waals surface area contributed by atoms with E-state index in [1.807, 2.05) is 11.4 Å². The van der Waals surface area contributed by atoms with Crippen molar-refractivity contribution in [2.24, 2.45) is 0 Å². The highest BCUT2D eigenvalue weighted by Gasteiger charge is 2.14. The molecule has 1 aromatic carbocycles. The Balaban J connectivity index is 2.21. The molecule has 0 radical (unpaired) electrons. The predicted octanol–water partition coefficient (Wildman–Crippen LogP) is 4.32. The molecule has 0 spiro atoms. The molecule has 0 atom stereocenters. The van der Waals surface area contributed by atoms with Gasteiger partial charge in [-0.1, -0.05) is 23.9 Å². The number of hydrogen-bond donors (Lipinski definition) is 1. The molecule has 0 saturated carbocycles. The smallest absolute Gasteiger partial charge is 0.154 e. The topological polar surface area (TPSA) is 24.9 Å². The summed E-state index contributed by atoms with van der Waals surface area (Å²) in [5.41, 5.74) is 0.977. The summed E-state index contributed by atoms with van der Waals surface area (Å²) >= 11 is 2.91. The Bertz CT molecular complexity index is 533. The molecule has 0 bridgehead atoms. The lowest BCUT2D eigenvalue weighted by Crippen LogP contribution is -2.35. The molecule has 2 aromatic rings. The first-order chi connectivity index (χ1) is 8.96. The van der Waals surface area contributed by atoms with Crippen molar-refractivity contribution in [3.05, 3.63) is 41.2 Å². The van der Waals surface area contributed by atoms with Gasteiger partial charge in [0, 0.05) is 23.7 Å². The fraction of sp³-hybridized carbons (Fsp3) is 0.357. The lowest BCUT2D eigenvalue weighted by atomic mass is 10.1. The van der Waals surface area contributed by atoms with E-state index in [0.717, 1.165) is 9.90 Å². The van der Waals surface area contributed by atoms with Gasteiger partial charge in [-0.3, -0.25) is 0 Å². The second-order valence-electron chi connectivity index (χ2n) is 5.23. The van der Waals surface area contributed by atoms with Gasteiger partial charge in [-0.2, -0.15) is 0 Å². The lowest BCUT2D eigenvalue weighted by molar-refractivity contribution is 0.421. The molecule has 2 rings (SSSR count). The molecule has 1 aromatic heterocycles. The largest absolute Gasteiger partial charge is 0.308 e. The second-order valence-corrected chi connectivity index (χ2v) is 7.38. The van der Waals surface area contributed by atoms with Crippen molar-refractivity contribution in [3.8, 4) is 0 Å². The van der Waals surface area contributed by atoms with Crippen molar-refractivity contribution in [2.45, 2.75) is 42.1 Å². The highest BCUT2D eigenvalue weighted by Crippen LogP contribution is 2.33. The molecule has 102 valence electrons. The Morgan fingerprint density at radius 2 is 2.16 bits per heavy atom. The minimum atomic E-state index is -0.187. The molecule has 0 aliphatic heterocycles. The van der Waals surface area contributed by atoms with Gasteiger partial charge in [-0.15, -0.1) is 11.3 Å². The first kappa shape index (κ1) is 14.5. The summed E-state index contributed by atoms with van der Waals surface area (Å²) < 4.78 is 14.9. The fourth-order valence-electron chi connectivity index (χ4n) is 1.52. The number of benzene rings is 1. The minimum absolute atomic E-state index is 0.00936. The van der Waals surface area contributed by atoms with Crippen molar-refractivity contribution in [3.63, 3.8) is 0 Å². The van der Waals surface area contributed by atoms with Crippen LogP contribution in [0.2, 0.25) is 0 Å². The van der Waals surface area contributed by atoms with Crippen molar-refractivity contribution >= 4 is 23.1 Å². The van der Waals surface area contributed by atoms with Crippen LogP contribution in [0.25, 0.3) is 0 Å². The van der Waals surface area contributed by atoms with Gasteiger partial charge in [0.25, 0.3) is 0 Å². The summed E-state index contributed by atoms with van der Waals surface area (Å²) in [6.07, 6.45) is 1.74. The average Bonchev–Trinajstić information content (AvgIpc) is 2.82. The molecular weight excluding hydrogens is 279 g/mol. The molecule has 0 saturated heterocycles. The van der Waals surface area contributed by atoms with E-state index in [-0.39, 0.29) is 11.4 Å². The van der Waals surface area contributed by atoms with E-state index in [9.17, 15) is 4.39 Å². The maximum atomic E-state index is 14.0. The van der Waals surface area contributed by atoms with Crippen molar-refractivity contribution in [1.82, 2.24) is 10.3 Å². The van der Waals surface area contributed by atoms with E-state index in [1.54, 1.807) is 12.3 Å². The number of rotatable bonds is 4. The average molecular weight is 296 g/mol. The Kier molecular flexibility index (Phi) is 4.60. The van der Waals surface area contributed by atoms with Crippen LogP contribution in [0, 0.1) is 5.82 Å². The van der Waals surface area contributed by atoms with Gasteiger partial charge in [-0.05, 0) is 32.4 Å². The number of hydrogen-bond acceptors (Lipinski definition) is 4. The maximum absolute atomic E-state index is 14.0. The fourth-order valence-corrected chi connectivity index (χ4v) is 3.21. The van der Waals surface area contributed by atoms with Crippen molar-refractivity contribution in [2.75, 3.05) is 0 Å². The molecule has 1 N–H and O–H groups in total. The van der Waals surface area contributed by atoms with Crippen molar-refractivity contribution < 1.29 is 4.39 Å². The third-order valence-electron chi connectivity index (χ3n) is 2.46. The molecule has 0 fully saturated rings. The third-order valence-corrected chi connectivity index (χ3v) is 4.50. The van der Waals surface area contributed by atoms with E-state index in [2.05, 4.69) is 31.1 Å². The normalized spacial score (nSPS) is 11.8. The molecule has 0 unspecified atom stereocenters. The minimum Gasteiger partial charge on any atom is -0.308 e. The zero-order chi connectivity index (χ0) is 13.9. The maximum Gasteiger partial charge on any atom is 0.154 e. The van der Waals surface area contributed by atoms with Crippen LogP contribution in [-0.4, -0.2) is 10.5 Å². The molecule has 0 amide bonds. The number of halogens is 1. The standard InChI is InChI=1S/C14H17FN2S2/c1-14(2,3)17-9-10-5-4-6-11(15)12(10)19-13-16-7-8-18-13/h4-8,17H,9H2,1-3H3. The highest BCUT2D eigenvalue weighted by atomic mass is 32.2. The Morgan fingerprint density at radius 1 is 1.37 bits per heavy atom. The van der Waals surface area contributed by atoms with E-state index >= 15 is 0 Å². The zero-order valence-corrected chi connectivity index (χ0v) is 12.9. The summed E-state index contributed by atoms with van der Waals surface area (Å²) in [6.45, 7) is 6.94. The molecule has 0 aliphatic rings. The zero-order valence-electron chi connectivity index (χ0n) is 11.2. The summed E-state index contributed by atoms with van der Waals surface area (Å²) in [5, 5.41) is 5.29. The van der Waals surface area contributed by atoms with Crippen LogP contribution in [0.1, 0.15) is 26.3 Å². The molecule has 1 heterocycles. The SMILES string of the molecule is CC(C)(C)NCc1cccc(F)c1Sc1nccs1. The van der Waals surface area contributed by atoms with Gasteiger partial charge < -0.3 is 5.32 Å². The number of thiazole rings is 1. The molecular formula is C14H17FN2S2. The number of nitrogens with one attached hydrogen (secondary N) is 1. The van der Waals surface area contributed by atoms with Gasteiger partial charge in [0.2, 0.25) is 0 Å². The van der Waals surface area contributed by atoms with Gasteiger partial charge in [0.1, 0.15) is 5.82 Å². The number of nitrogens with zero attached hydrogens (tertiary/aromatic N) is 1. The molecule has 19 heavy (non-hydrogen) atoms. The quantitative estimate of drug-likeness (QED) is 0.909. The molecule has 5 heteroatoms. The Hall–Kier alpha value is -0.910. The van der Waals surface area contributed by atoms with Gasteiger partial charge in [-0.25, -0.2) is 9.37 Å². The Morgan fingerprint density at radius 3 is 2.79 bits per heavy atom. The van der Waals surface area contributed by atoms with E-state index in [1.165, 1.54) is 29.2 Å². The van der Waals surface area contributed by atoms with Crippen LogP contribution < -0.4 is 5.32 Å². The second kappa shape index (κ2) is 6.03. The Labute approximate surface area is 121 Å². The summed E-state index contributed by atoms with van der Waals surface area (Å²) in [6, 6.07) is 5.20. The molecule has 0 aliphatic carbocycles. The van der Waals surface area contributed by atoms with Gasteiger partial charge >= 0.3 is 0 Å². The van der Waals surface area contributed by atoms with E-state index < -0.39 is 0 Å². The third kappa shape index (κ3) is 4.30. The van der Waals surface area contributed by atoms with Crippen LogP contribution in [0.3, 0.4) is 0 Å². The van der Waals surface area contributed by atoms with Crippen LogP contribution >= 0.6 is 23.1 Å². The van der Waals surface area contributed by atoms with Crippen LogP contribution in [0.4, 0.5) is 4.39 Å². The highest BCUT2D eigenvalue weighted by molar-refractivity contribution is 8.01. The summed E-state index contributed by atoms with van der Waals surface area (Å²) in [5.74, 6) is -0.187. The first-order valence-corrected chi connectivity index (χ1v) is 7.75. The van der Waals surface area contributed by atoms with E-state index in [0.29, 0.717) is 11.4 Å². The van der Waals surface area contributed by atoms with Crippen LogP contribution in [0.5, 0.6) is 0 Å². The van der Waals surface area contributed by atoms with Crippen LogP contribution in [0.15, 0.2) is 39.0 Å². The molecule has 2 nitrogen and oxygen atoms in total. The van der Waals surface area contributed by atoms with Gasteiger partial charge in [0.15, 0.2) is 4.34 Å².